The number of thioether (sulfide) groups is 1. The number of hydrogen-bond donors (Lipinski definition) is 1. The third kappa shape index (κ3) is 5.05. The fourth-order valence-corrected chi connectivity index (χ4v) is 2.27. The maximum absolute atomic E-state index is 12.2. The van der Waals surface area contributed by atoms with Gasteiger partial charge >= 0.3 is 5.51 Å². The molecule has 0 unspecified atom stereocenters. The number of nitrogens with zero attached hydrogens (tertiary/aromatic N) is 1. The molecule has 0 amide bonds. The summed E-state index contributed by atoms with van der Waals surface area (Å²) in [6, 6.07) is 9.96. The van der Waals surface area contributed by atoms with Crippen molar-refractivity contribution in [2.45, 2.75) is 16.9 Å². The van der Waals surface area contributed by atoms with E-state index in [1.807, 2.05) is 12.1 Å². The van der Waals surface area contributed by atoms with Gasteiger partial charge in [-0.05, 0) is 57.5 Å². The molecule has 0 aliphatic rings. The highest BCUT2D eigenvalue weighted by molar-refractivity contribution is 9.10. The van der Waals surface area contributed by atoms with Gasteiger partial charge in [-0.1, -0.05) is 12.1 Å². The van der Waals surface area contributed by atoms with Crippen molar-refractivity contribution in [3.63, 3.8) is 0 Å². The van der Waals surface area contributed by atoms with E-state index in [4.69, 9.17) is 0 Å². The molecule has 0 fully saturated rings. The van der Waals surface area contributed by atoms with Gasteiger partial charge in [-0.15, -0.1) is 0 Å². The molecule has 1 aromatic carbocycles. The van der Waals surface area contributed by atoms with Crippen LogP contribution in [0, 0.1) is 0 Å². The highest BCUT2D eigenvalue weighted by Gasteiger charge is 2.28. The molecule has 0 radical (unpaired) electrons. The van der Waals surface area contributed by atoms with Gasteiger partial charge in [0.1, 0.15) is 4.60 Å². The molecule has 0 aliphatic heterocycles. The molecule has 0 saturated carbocycles. The summed E-state index contributed by atoms with van der Waals surface area (Å²) in [5.41, 5.74) is -2.50. The van der Waals surface area contributed by atoms with Crippen LogP contribution in [0.15, 0.2) is 52.1 Å². The zero-order valence-electron chi connectivity index (χ0n) is 10.1. The first-order valence-electron chi connectivity index (χ1n) is 5.62. The first-order chi connectivity index (χ1) is 9.42. The number of alkyl halides is 3. The normalized spacial score (nSPS) is 11.4. The molecule has 0 spiro atoms. The van der Waals surface area contributed by atoms with Crippen molar-refractivity contribution in [3.8, 4) is 0 Å². The third-order valence-corrected chi connectivity index (χ3v) is 3.59. The van der Waals surface area contributed by atoms with Crippen LogP contribution in [0.25, 0.3) is 0 Å². The lowest BCUT2D eigenvalue weighted by atomic mass is 10.2. The van der Waals surface area contributed by atoms with E-state index in [0.717, 1.165) is 15.9 Å². The first-order valence-corrected chi connectivity index (χ1v) is 7.23. The van der Waals surface area contributed by atoms with Crippen molar-refractivity contribution in [1.29, 1.82) is 0 Å². The minimum absolute atomic E-state index is 0.110. The molecule has 2 aromatic rings. The average molecular weight is 363 g/mol. The monoisotopic (exact) mass is 362 g/mol. The first kappa shape index (κ1) is 15.2. The molecule has 106 valence electrons. The highest BCUT2D eigenvalue weighted by Crippen LogP contribution is 2.36. The summed E-state index contributed by atoms with van der Waals surface area (Å²) in [5.74, 6) is 0. The van der Waals surface area contributed by atoms with Gasteiger partial charge in [0.25, 0.3) is 0 Å². The van der Waals surface area contributed by atoms with Crippen LogP contribution < -0.4 is 5.32 Å². The van der Waals surface area contributed by atoms with Gasteiger partial charge in [-0.25, -0.2) is 4.98 Å². The molecule has 1 N–H and O–H groups in total. The summed E-state index contributed by atoms with van der Waals surface area (Å²) in [5, 5.41) is 3.14. The van der Waals surface area contributed by atoms with Crippen LogP contribution in [0.1, 0.15) is 5.56 Å². The molecule has 2 rings (SSSR count). The zero-order chi connectivity index (χ0) is 14.6. The number of benzene rings is 1. The van der Waals surface area contributed by atoms with Crippen molar-refractivity contribution in [2.24, 2.45) is 0 Å². The lowest BCUT2D eigenvalue weighted by molar-refractivity contribution is -0.0328. The smallest absolute Gasteiger partial charge is 0.380 e. The Hall–Kier alpha value is -1.21. The maximum atomic E-state index is 12.2. The molecular weight excluding hydrogens is 353 g/mol. The van der Waals surface area contributed by atoms with E-state index >= 15 is 0 Å². The average Bonchev–Trinajstić information content (AvgIpc) is 2.38. The SMILES string of the molecule is FC(F)(F)Sc1ccc(CNc2ccc(Br)nc2)cc1. The number of hydrogen-bond acceptors (Lipinski definition) is 3. The van der Waals surface area contributed by atoms with Gasteiger partial charge in [0.05, 0.1) is 11.9 Å². The Morgan fingerprint density at radius 1 is 1.10 bits per heavy atom. The Morgan fingerprint density at radius 2 is 1.80 bits per heavy atom. The quantitative estimate of drug-likeness (QED) is 0.607. The molecule has 1 heterocycles. The van der Waals surface area contributed by atoms with E-state index in [9.17, 15) is 13.2 Å². The van der Waals surface area contributed by atoms with Crippen LogP contribution in [-0.2, 0) is 6.54 Å². The van der Waals surface area contributed by atoms with Gasteiger partial charge < -0.3 is 5.32 Å². The predicted octanol–water partition coefficient (Wildman–Crippen LogP) is 5.07. The predicted molar refractivity (Wildman–Crippen MR) is 77.6 cm³/mol. The zero-order valence-corrected chi connectivity index (χ0v) is 12.5. The molecule has 0 saturated heterocycles. The van der Waals surface area contributed by atoms with Crippen LogP contribution in [0.3, 0.4) is 0 Å². The number of anilines is 1. The summed E-state index contributed by atoms with van der Waals surface area (Å²) < 4.78 is 37.3. The summed E-state index contributed by atoms with van der Waals surface area (Å²) >= 11 is 3.13. The lowest BCUT2D eigenvalue weighted by Crippen LogP contribution is -2.01. The highest BCUT2D eigenvalue weighted by atomic mass is 79.9. The van der Waals surface area contributed by atoms with E-state index in [-0.39, 0.29) is 16.7 Å². The number of pyridine rings is 1. The van der Waals surface area contributed by atoms with E-state index < -0.39 is 5.51 Å². The van der Waals surface area contributed by atoms with Gasteiger partial charge in [-0.2, -0.15) is 13.2 Å². The fourth-order valence-electron chi connectivity index (χ4n) is 1.49. The Bertz CT molecular complexity index is 555. The van der Waals surface area contributed by atoms with Gasteiger partial charge in [0, 0.05) is 11.4 Å². The molecule has 1 aromatic heterocycles. The summed E-state index contributed by atoms with van der Waals surface area (Å²) in [7, 11) is 0. The molecular formula is C13H10BrF3N2S. The van der Waals surface area contributed by atoms with Crippen molar-refractivity contribution in [2.75, 3.05) is 5.32 Å². The molecule has 0 atom stereocenters. The van der Waals surface area contributed by atoms with E-state index in [1.165, 1.54) is 12.1 Å². The molecule has 2 nitrogen and oxygen atoms in total. The van der Waals surface area contributed by atoms with Crippen molar-refractivity contribution < 1.29 is 13.2 Å². The Kier molecular flexibility index (Phi) is 4.93. The third-order valence-electron chi connectivity index (χ3n) is 2.38. The largest absolute Gasteiger partial charge is 0.446 e. The Balaban J connectivity index is 1.92. The van der Waals surface area contributed by atoms with E-state index in [2.05, 4.69) is 26.2 Å². The van der Waals surface area contributed by atoms with Crippen LogP contribution in [-0.4, -0.2) is 10.5 Å². The van der Waals surface area contributed by atoms with Crippen molar-refractivity contribution >= 4 is 33.4 Å². The van der Waals surface area contributed by atoms with Crippen LogP contribution in [0.5, 0.6) is 0 Å². The molecule has 0 aliphatic carbocycles. The van der Waals surface area contributed by atoms with Crippen LogP contribution in [0.4, 0.5) is 18.9 Å². The van der Waals surface area contributed by atoms with Crippen molar-refractivity contribution in [3.05, 3.63) is 52.8 Å². The molecule has 7 heteroatoms. The van der Waals surface area contributed by atoms with Crippen molar-refractivity contribution in [1.82, 2.24) is 4.98 Å². The van der Waals surface area contributed by atoms with Gasteiger partial charge in [0.15, 0.2) is 0 Å². The molecule has 20 heavy (non-hydrogen) atoms. The van der Waals surface area contributed by atoms with Gasteiger partial charge in [-0.3, -0.25) is 0 Å². The van der Waals surface area contributed by atoms with Crippen LogP contribution in [0.2, 0.25) is 0 Å². The standard InChI is InChI=1S/C13H10BrF3N2S/c14-12-6-3-10(8-19-12)18-7-9-1-4-11(5-2-9)20-13(15,16)17/h1-6,8,18H,7H2. The Labute approximate surface area is 126 Å². The summed E-state index contributed by atoms with van der Waals surface area (Å²) in [6.45, 7) is 0.528. The van der Waals surface area contributed by atoms with E-state index in [0.29, 0.717) is 6.54 Å². The Morgan fingerprint density at radius 3 is 2.35 bits per heavy atom. The topological polar surface area (TPSA) is 24.9 Å². The second-order valence-corrected chi connectivity index (χ2v) is 5.87. The van der Waals surface area contributed by atoms with E-state index in [1.54, 1.807) is 18.3 Å². The second kappa shape index (κ2) is 6.49. The second-order valence-electron chi connectivity index (χ2n) is 3.91. The lowest BCUT2D eigenvalue weighted by Gasteiger charge is -2.08. The summed E-state index contributed by atoms with van der Waals surface area (Å²) in [6.07, 6.45) is 1.68. The van der Waals surface area contributed by atoms with Gasteiger partial charge in [0.2, 0.25) is 0 Å². The fraction of sp³-hybridized carbons (Fsp3) is 0.154. The summed E-state index contributed by atoms with van der Waals surface area (Å²) in [4.78, 5) is 4.26. The minimum Gasteiger partial charge on any atom is -0.380 e. The maximum Gasteiger partial charge on any atom is 0.446 e. The number of nitrogens with one attached hydrogen (secondary N) is 1. The minimum atomic E-state index is -4.25. The number of aromatic nitrogens is 1. The number of halogens is 4. The number of rotatable bonds is 4. The van der Waals surface area contributed by atoms with Crippen LogP contribution >= 0.6 is 27.7 Å². The molecule has 0 bridgehead atoms.